The van der Waals surface area contributed by atoms with Crippen molar-refractivity contribution in [2.24, 2.45) is 17.8 Å². The molecule has 2 fully saturated rings. The second-order valence-electron chi connectivity index (χ2n) is 7.52. The Morgan fingerprint density at radius 1 is 1.27 bits per heavy atom. The van der Waals surface area contributed by atoms with Crippen LogP contribution in [0, 0.1) is 17.8 Å². The molecule has 5 nitrogen and oxygen atoms in total. The van der Waals surface area contributed by atoms with Gasteiger partial charge in [0.05, 0.1) is 17.1 Å². The van der Waals surface area contributed by atoms with Crippen LogP contribution in [0.2, 0.25) is 5.02 Å². The average molecular weight is 374 g/mol. The second kappa shape index (κ2) is 7.39. The first-order valence-electron chi connectivity index (χ1n) is 9.51. The van der Waals surface area contributed by atoms with Crippen molar-refractivity contribution in [3.05, 3.63) is 35.2 Å². The summed E-state index contributed by atoms with van der Waals surface area (Å²) in [7, 11) is 0. The highest BCUT2D eigenvalue weighted by Gasteiger charge is 2.44. The highest BCUT2D eigenvalue weighted by molar-refractivity contribution is 6.33. The Morgan fingerprint density at radius 3 is 2.81 bits per heavy atom. The van der Waals surface area contributed by atoms with Gasteiger partial charge < -0.3 is 9.32 Å². The van der Waals surface area contributed by atoms with Gasteiger partial charge >= 0.3 is 0 Å². The molecule has 4 rings (SSSR count). The van der Waals surface area contributed by atoms with Gasteiger partial charge in [0.2, 0.25) is 17.7 Å². The molecule has 1 aromatic carbocycles. The number of hydrogen-bond acceptors (Lipinski definition) is 4. The molecule has 1 amide bonds. The maximum atomic E-state index is 13.1. The first kappa shape index (κ1) is 17.5. The summed E-state index contributed by atoms with van der Waals surface area (Å²) in [6, 6.07) is 7.39. The van der Waals surface area contributed by atoms with E-state index in [4.69, 9.17) is 16.0 Å². The Balaban J connectivity index is 1.49. The average Bonchev–Trinajstić information content (AvgIpc) is 3.38. The van der Waals surface area contributed by atoms with E-state index in [1.165, 1.54) is 19.3 Å². The monoisotopic (exact) mass is 373 g/mol. The van der Waals surface area contributed by atoms with Crippen LogP contribution in [0.3, 0.4) is 0 Å². The molecule has 0 radical (unpaired) electrons. The van der Waals surface area contributed by atoms with Gasteiger partial charge in [0.25, 0.3) is 0 Å². The molecule has 0 spiro atoms. The van der Waals surface area contributed by atoms with Gasteiger partial charge in [0.15, 0.2) is 0 Å². The molecule has 2 aromatic rings. The lowest BCUT2D eigenvalue weighted by molar-refractivity contribution is -0.138. The number of carbonyl (C=O) groups excluding carboxylic acids is 1. The zero-order valence-corrected chi connectivity index (χ0v) is 15.8. The van der Waals surface area contributed by atoms with Crippen molar-refractivity contribution in [3.8, 4) is 11.5 Å². The van der Waals surface area contributed by atoms with Gasteiger partial charge in [0, 0.05) is 12.5 Å². The molecule has 0 N–H and O–H groups in total. The van der Waals surface area contributed by atoms with Crippen molar-refractivity contribution in [2.45, 2.75) is 45.6 Å². The lowest BCUT2D eigenvalue weighted by Gasteiger charge is -2.28. The molecular weight excluding hydrogens is 350 g/mol. The molecule has 6 heteroatoms. The molecule has 2 aliphatic rings. The van der Waals surface area contributed by atoms with Crippen LogP contribution in [-0.4, -0.2) is 27.5 Å². The summed E-state index contributed by atoms with van der Waals surface area (Å²) in [6.45, 7) is 3.18. The Kier molecular flexibility index (Phi) is 4.98. The number of hydrogen-bond donors (Lipinski definition) is 0. The molecule has 2 saturated carbocycles. The zero-order chi connectivity index (χ0) is 18.1. The van der Waals surface area contributed by atoms with Gasteiger partial charge in [-0.15, -0.1) is 10.2 Å². The number of halogens is 1. The minimum atomic E-state index is 0.186. The number of nitrogens with zero attached hydrogens (tertiary/aromatic N) is 3. The number of fused-ring (bicyclic) bond motifs is 2. The van der Waals surface area contributed by atoms with E-state index in [2.05, 4.69) is 17.1 Å². The van der Waals surface area contributed by atoms with E-state index < -0.39 is 0 Å². The lowest BCUT2D eigenvalue weighted by atomic mass is 9.87. The Hall–Kier alpha value is -1.88. The summed E-state index contributed by atoms with van der Waals surface area (Å²) in [5, 5.41) is 8.84. The van der Waals surface area contributed by atoms with E-state index in [9.17, 15) is 4.79 Å². The molecule has 26 heavy (non-hydrogen) atoms. The topological polar surface area (TPSA) is 59.2 Å². The molecule has 3 atom stereocenters. The number of amides is 1. The van der Waals surface area contributed by atoms with Crippen LogP contribution in [0.15, 0.2) is 28.7 Å². The summed E-state index contributed by atoms with van der Waals surface area (Å²) in [5.41, 5.74) is 0.717. The summed E-state index contributed by atoms with van der Waals surface area (Å²) >= 11 is 6.20. The van der Waals surface area contributed by atoms with Gasteiger partial charge in [-0.2, -0.15) is 0 Å². The highest BCUT2D eigenvalue weighted by Crippen LogP contribution is 2.49. The van der Waals surface area contributed by atoms with Crippen LogP contribution in [-0.2, 0) is 11.3 Å². The molecule has 0 saturated heterocycles. The molecule has 0 aliphatic heterocycles. The van der Waals surface area contributed by atoms with E-state index in [0.717, 1.165) is 30.9 Å². The van der Waals surface area contributed by atoms with E-state index in [-0.39, 0.29) is 11.8 Å². The number of rotatable bonds is 6. The van der Waals surface area contributed by atoms with Crippen molar-refractivity contribution < 1.29 is 9.21 Å². The predicted octanol–water partition coefficient (Wildman–Crippen LogP) is 4.56. The summed E-state index contributed by atoms with van der Waals surface area (Å²) in [5.74, 6) is 2.64. The van der Waals surface area contributed by atoms with Gasteiger partial charge in [-0.25, -0.2) is 0 Å². The number of carbonyl (C=O) groups is 1. The Bertz CT molecular complexity index is 791. The van der Waals surface area contributed by atoms with Gasteiger partial charge in [0.1, 0.15) is 0 Å². The zero-order valence-electron chi connectivity index (χ0n) is 15.0. The normalized spacial score (nSPS) is 24.2. The number of benzene rings is 1. The molecule has 2 bridgehead atoms. The maximum Gasteiger partial charge on any atom is 0.249 e. The minimum Gasteiger partial charge on any atom is -0.419 e. The highest BCUT2D eigenvalue weighted by atomic mass is 35.5. The van der Waals surface area contributed by atoms with Gasteiger partial charge in [-0.05, 0) is 49.7 Å². The van der Waals surface area contributed by atoms with E-state index in [1.54, 1.807) is 6.07 Å². The van der Waals surface area contributed by atoms with Crippen LogP contribution >= 0.6 is 11.6 Å². The van der Waals surface area contributed by atoms with Crippen molar-refractivity contribution in [2.75, 3.05) is 6.54 Å². The molecule has 3 unspecified atom stereocenters. The van der Waals surface area contributed by atoms with Crippen LogP contribution in [0.4, 0.5) is 0 Å². The van der Waals surface area contributed by atoms with Crippen molar-refractivity contribution in [1.29, 1.82) is 0 Å². The molecule has 2 aliphatic carbocycles. The second-order valence-corrected chi connectivity index (χ2v) is 7.93. The van der Waals surface area contributed by atoms with Crippen LogP contribution in [0.1, 0.15) is 44.9 Å². The minimum absolute atomic E-state index is 0.186. The number of aromatic nitrogens is 2. The Morgan fingerprint density at radius 2 is 2.12 bits per heavy atom. The van der Waals surface area contributed by atoms with E-state index >= 15 is 0 Å². The molecule has 138 valence electrons. The summed E-state index contributed by atoms with van der Waals surface area (Å²) in [6.07, 6.45) is 5.70. The van der Waals surface area contributed by atoms with Crippen LogP contribution in [0.25, 0.3) is 11.5 Å². The van der Waals surface area contributed by atoms with Crippen LogP contribution in [0.5, 0.6) is 0 Å². The van der Waals surface area contributed by atoms with E-state index in [0.29, 0.717) is 29.3 Å². The fourth-order valence-corrected chi connectivity index (χ4v) is 4.76. The molecule has 1 heterocycles. The predicted molar refractivity (Wildman–Crippen MR) is 99.4 cm³/mol. The molecule has 1 aromatic heterocycles. The first-order valence-corrected chi connectivity index (χ1v) is 9.89. The van der Waals surface area contributed by atoms with Gasteiger partial charge in [-0.1, -0.05) is 37.1 Å². The van der Waals surface area contributed by atoms with Crippen LogP contribution < -0.4 is 0 Å². The quantitative estimate of drug-likeness (QED) is 0.744. The maximum absolute atomic E-state index is 13.1. The first-order chi connectivity index (χ1) is 12.7. The van der Waals surface area contributed by atoms with Crippen molar-refractivity contribution >= 4 is 17.5 Å². The fourth-order valence-electron chi connectivity index (χ4n) is 4.54. The fraction of sp³-hybridized carbons (Fsp3) is 0.550. The Labute approximate surface area is 158 Å². The lowest BCUT2D eigenvalue weighted by Crippen LogP contribution is -2.38. The smallest absolute Gasteiger partial charge is 0.249 e. The third-order valence-electron chi connectivity index (χ3n) is 5.76. The van der Waals surface area contributed by atoms with Crippen molar-refractivity contribution in [1.82, 2.24) is 15.1 Å². The third kappa shape index (κ3) is 3.37. The largest absolute Gasteiger partial charge is 0.419 e. The third-order valence-corrected chi connectivity index (χ3v) is 6.09. The summed E-state index contributed by atoms with van der Waals surface area (Å²) in [4.78, 5) is 15.0. The van der Waals surface area contributed by atoms with Gasteiger partial charge in [-0.3, -0.25) is 4.79 Å². The molecular formula is C20H24ClN3O2. The van der Waals surface area contributed by atoms with E-state index in [1.807, 2.05) is 23.1 Å². The van der Waals surface area contributed by atoms with Crippen molar-refractivity contribution in [3.63, 3.8) is 0 Å². The SMILES string of the molecule is CCCN(Cc1nnc(-c2ccccc2Cl)o1)C(=O)C1CC2CCC1C2. The summed E-state index contributed by atoms with van der Waals surface area (Å²) < 4.78 is 5.80. The standard InChI is InChI=1S/C20H24ClN3O2/c1-2-9-24(20(25)16-11-13-7-8-14(16)10-13)12-18-22-23-19(26-18)15-5-3-4-6-17(15)21/h3-6,13-14,16H,2,7-12H2,1H3.